The van der Waals surface area contributed by atoms with Gasteiger partial charge in [-0.05, 0) is 6.26 Å². The number of thioether (sulfide) groups is 1. The molecule has 0 aromatic carbocycles. The quantitative estimate of drug-likeness (QED) is 0.396. The van der Waals surface area contributed by atoms with Crippen molar-refractivity contribution in [2.45, 2.75) is 29.8 Å². The Hall–Kier alpha value is -1.40. The predicted molar refractivity (Wildman–Crippen MR) is 73.3 cm³/mol. The van der Waals surface area contributed by atoms with Gasteiger partial charge >= 0.3 is 0 Å². The minimum Gasteiger partial charge on any atom is -0.394 e. The first-order valence-corrected chi connectivity index (χ1v) is 7.36. The van der Waals surface area contributed by atoms with Gasteiger partial charge in [0.1, 0.15) is 29.8 Å². The number of primary amides is 1. The Morgan fingerprint density at radius 3 is 2.62 bits per heavy atom. The van der Waals surface area contributed by atoms with Crippen LogP contribution in [0.1, 0.15) is 16.5 Å². The zero-order valence-corrected chi connectivity index (χ0v) is 12.0. The maximum absolute atomic E-state index is 11.2. The molecule has 7 N–H and O–H groups in total. The van der Waals surface area contributed by atoms with Crippen molar-refractivity contribution in [1.29, 1.82) is 0 Å². The minimum atomic E-state index is -1.28. The number of aliphatic hydroxyl groups excluding tert-OH is 3. The van der Waals surface area contributed by atoms with Crippen LogP contribution in [0.25, 0.3) is 0 Å². The minimum absolute atomic E-state index is 0.163. The van der Waals surface area contributed by atoms with E-state index in [1.807, 2.05) is 0 Å². The van der Waals surface area contributed by atoms with Crippen molar-refractivity contribution in [3.8, 4) is 0 Å². The standard InChI is InChI=1S/C10H17N5O5S/c1-21-10-7(18)5(6(17)3(2-16)20-10)15-8(11)4(9(12)19)13-14-15/h3,5-7,10,16-18H,2,11H2,1H3,(H2,12,19)/t3-,5+,6+,7-,10+/m1/s1. The van der Waals surface area contributed by atoms with Gasteiger partial charge in [0.2, 0.25) is 0 Å². The Morgan fingerprint density at radius 2 is 2.14 bits per heavy atom. The lowest BCUT2D eigenvalue weighted by Gasteiger charge is -2.41. The second-order valence-corrected chi connectivity index (χ2v) is 5.50. The highest BCUT2D eigenvalue weighted by Crippen LogP contribution is 2.35. The van der Waals surface area contributed by atoms with Crippen LogP contribution in [-0.2, 0) is 4.74 Å². The molecule has 1 aromatic heterocycles. The molecule has 0 aliphatic carbocycles. The maximum atomic E-state index is 11.2. The summed E-state index contributed by atoms with van der Waals surface area (Å²) in [5.74, 6) is -1.03. The number of anilines is 1. The number of rotatable bonds is 4. The molecular formula is C10H17N5O5S. The van der Waals surface area contributed by atoms with Gasteiger partial charge in [0, 0.05) is 0 Å². The molecule has 0 saturated carbocycles. The van der Waals surface area contributed by atoms with Crippen LogP contribution in [0.2, 0.25) is 0 Å². The van der Waals surface area contributed by atoms with Gasteiger partial charge in [-0.15, -0.1) is 16.9 Å². The molecule has 0 unspecified atom stereocenters. The van der Waals surface area contributed by atoms with Crippen LogP contribution in [0, 0.1) is 0 Å². The molecule has 1 fully saturated rings. The van der Waals surface area contributed by atoms with E-state index < -0.39 is 42.3 Å². The van der Waals surface area contributed by atoms with Crippen molar-refractivity contribution in [2.75, 3.05) is 18.6 Å². The van der Waals surface area contributed by atoms with Gasteiger partial charge in [-0.2, -0.15) is 0 Å². The number of nitrogens with zero attached hydrogens (tertiary/aromatic N) is 3. The van der Waals surface area contributed by atoms with Crippen LogP contribution >= 0.6 is 11.8 Å². The Labute approximate surface area is 124 Å². The first-order valence-electron chi connectivity index (χ1n) is 6.08. The average molecular weight is 319 g/mol. The normalized spacial score (nSPS) is 33.0. The number of carbonyl (C=O) groups excluding carboxylic acids is 1. The van der Waals surface area contributed by atoms with Gasteiger partial charge in [-0.3, -0.25) is 4.79 Å². The molecule has 21 heavy (non-hydrogen) atoms. The van der Waals surface area contributed by atoms with E-state index in [2.05, 4.69) is 10.3 Å². The van der Waals surface area contributed by atoms with Gasteiger partial charge in [-0.1, -0.05) is 5.21 Å². The Balaban J connectivity index is 2.41. The number of aliphatic hydroxyl groups is 3. The van der Waals surface area contributed by atoms with Crippen LogP contribution in [0.4, 0.5) is 5.82 Å². The smallest absolute Gasteiger partial charge is 0.273 e. The highest BCUT2D eigenvalue weighted by molar-refractivity contribution is 7.99. The molecule has 1 amide bonds. The number of aromatic nitrogens is 3. The Bertz CT molecular complexity index is 510. The van der Waals surface area contributed by atoms with Crippen molar-refractivity contribution >= 4 is 23.5 Å². The fraction of sp³-hybridized carbons (Fsp3) is 0.700. The lowest BCUT2D eigenvalue weighted by atomic mass is 9.97. The van der Waals surface area contributed by atoms with Crippen LogP contribution in [0.3, 0.4) is 0 Å². The second-order valence-electron chi connectivity index (χ2n) is 4.57. The molecule has 1 aliphatic heterocycles. The number of carbonyl (C=O) groups is 1. The SMILES string of the molecule is CS[C@@H]1O[C@H](CO)[C@H](O)[C@H](n2nnc(C(N)=O)c2N)[C@H]1O. The summed E-state index contributed by atoms with van der Waals surface area (Å²) in [6, 6.07) is -1.02. The second kappa shape index (κ2) is 6.15. The van der Waals surface area contributed by atoms with E-state index in [0.717, 1.165) is 4.68 Å². The first kappa shape index (κ1) is 16.0. The molecular weight excluding hydrogens is 302 g/mol. The number of hydrogen-bond donors (Lipinski definition) is 5. The van der Waals surface area contributed by atoms with Gasteiger partial charge in [-0.25, -0.2) is 4.68 Å². The summed E-state index contributed by atoms with van der Waals surface area (Å²) in [6.45, 7) is -0.446. The van der Waals surface area contributed by atoms with E-state index in [0.29, 0.717) is 0 Å². The molecule has 2 rings (SSSR count). The molecule has 2 heterocycles. The van der Waals surface area contributed by atoms with E-state index in [1.165, 1.54) is 11.8 Å². The zero-order valence-electron chi connectivity index (χ0n) is 11.2. The first-order chi connectivity index (χ1) is 9.92. The third-order valence-corrected chi connectivity index (χ3v) is 4.18. The van der Waals surface area contributed by atoms with E-state index >= 15 is 0 Å². The molecule has 1 saturated heterocycles. The summed E-state index contributed by atoms with van der Waals surface area (Å²) in [7, 11) is 0. The summed E-state index contributed by atoms with van der Waals surface area (Å²) in [5.41, 5.74) is 9.90. The number of nitrogen functional groups attached to an aromatic ring is 1. The zero-order chi connectivity index (χ0) is 15.7. The van der Waals surface area contributed by atoms with Crippen molar-refractivity contribution < 1.29 is 24.9 Å². The lowest BCUT2D eigenvalue weighted by Crippen LogP contribution is -2.55. The fourth-order valence-corrected chi connectivity index (χ4v) is 2.94. The summed E-state index contributed by atoms with van der Waals surface area (Å²) in [5, 5.41) is 37.0. The fourth-order valence-electron chi connectivity index (χ4n) is 2.25. The van der Waals surface area contributed by atoms with E-state index in [-0.39, 0.29) is 11.5 Å². The molecule has 118 valence electrons. The summed E-state index contributed by atoms with van der Waals surface area (Å²) < 4.78 is 6.41. The molecule has 5 atom stereocenters. The number of ether oxygens (including phenoxy) is 1. The molecule has 0 radical (unpaired) electrons. The highest BCUT2D eigenvalue weighted by Gasteiger charge is 2.46. The van der Waals surface area contributed by atoms with Gasteiger partial charge in [0.25, 0.3) is 5.91 Å². The van der Waals surface area contributed by atoms with E-state index in [9.17, 15) is 20.1 Å². The number of hydrogen-bond acceptors (Lipinski definition) is 9. The summed E-state index contributed by atoms with van der Waals surface area (Å²) >= 11 is 1.20. The predicted octanol–water partition coefficient (Wildman–Crippen LogP) is -2.70. The highest BCUT2D eigenvalue weighted by atomic mass is 32.2. The van der Waals surface area contributed by atoms with Crippen LogP contribution in [0.15, 0.2) is 0 Å². The van der Waals surface area contributed by atoms with Crippen LogP contribution in [-0.4, -0.2) is 72.8 Å². The van der Waals surface area contributed by atoms with Gasteiger partial charge < -0.3 is 31.5 Å². The van der Waals surface area contributed by atoms with Crippen molar-refractivity contribution in [3.05, 3.63) is 5.69 Å². The molecule has 0 spiro atoms. The van der Waals surface area contributed by atoms with E-state index in [1.54, 1.807) is 6.26 Å². The third-order valence-electron chi connectivity index (χ3n) is 3.33. The van der Waals surface area contributed by atoms with Crippen molar-refractivity contribution in [3.63, 3.8) is 0 Å². The summed E-state index contributed by atoms with van der Waals surface area (Å²) in [6.07, 6.45) is -1.66. The lowest BCUT2D eigenvalue weighted by molar-refractivity contribution is -0.178. The van der Waals surface area contributed by atoms with Crippen LogP contribution < -0.4 is 11.5 Å². The molecule has 1 aromatic rings. The topological polar surface area (TPSA) is 170 Å². The van der Waals surface area contributed by atoms with E-state index in [4.69, 9.17) is 16.2 Å². The van der Waals surface area contributed by atoms with Gasteiger partial charge in [0.15, 0.2) is 11.5 Å². The molecule has 11 heteroatoms. The largest absolute Gasteiger partial charge is 0.394 e. The Kier molecular flexibility index (Phi) is 4.68. The monoisotopic (exact) mass is 319 g/mol. The molecule has 1 aliphatic rings. The maximum Gasteiger partial charge on any atom is 0.273 e. The van der Waals surface area contributed by atoms with Crippen LogP contribution in [0.5, 0.6) is 0 Å². The summed E-state index contributed by atoms with van der Waals surface area (Å²) in [4.78, 5) is 11.2. The van der Waals surface area contributed by atoms with Crippen molar-refractivity contribution in [1.82, 2.24) is 15.0 Å². The third kappa shape index (κ3) is 2.70. The molecule has 0 bridgehead atoms. The molecule has 10 nitrogen and oxygen atoms in total. The average Bonchev–Trinajstić information content (AvgIpc) is 2.81. The Morgan fingerprint density at radius 1 is 1.48 bits per heavy atom. The number of nitrogens with two attached hydrogens (primary N) is 2. The van der Waals surface area contributed by atoms with Gasteiger partial charge in [0.05, 0.1) is 6.61 Å². The number of amides is 1. The van der Waals surface area contributed by atoms with Crippen molar-refractivity contribution in [2.24, 2.45) is 5.73 Å².